The number of ether oxygens (including phenoxy) is 2. The molecular weight excluding hydrogens is 592 g/mol. The molecule has 1 aliphatic carbocycles. The molecule has 1 saturated heterocycles. The zero-order valence-corrected chi connectivity index (χ0v) is 27.8. The average Bonchev–Trinajstić information content (AvgIpc) is 3.54. The Balaban J connectivity index is 1.36. The van der Waals surface area contributed by atoms with Gasteiger partial charge in [-0.25, -0.2) is 9.78 Å². The third-order valence-electron chi connectivity index (χ3n) is 9.15. The number of thioether (sulfide) groups is 1. The molecule has 1 aromatic carbocycles. The lowest BCUT2D eigenvalue weighted by molar-refractivity contribution is -0.129. The van der Waals surface area contributed by atoms with Crippen LogP contribution in [0.5, 0.6) is 11.5 Å². The van der Waals surface area contributed by atoms with E-state index in [4.69, 9.17) is 14.5 Å². The van der Waals surface area contributed by atoms with Crippen LogP contribution in [-0.4, -0.2) is 79.5 Å². The van der Waals surface area contributed by atoms with Crippen molar-refractivity contribution in [2.75, 3.05) is 39.1 Å². The molecule has 0 radical (unpaired) electrons. The molecule has 0 N–H and O–H groups in total. The number of imidazole rings is 1. The molecule has 3 aliphatic rings. The van der Waals surface area contributed by atoms with Crippen LogP contribution in [0.25, 0.3) is 11.2 Å². The van der Waals surface area contributed by atoms with Crippen molar-refractivity contribution in [3.05, 3.63) is 67.5 Å². The van der Waals surface area contributed by atoms with E-state index < -0.39 is 11.2 Å². The van der Waals surface area contributed by atoms with Crippen LogP contribution in [0.1, 0.15) is 45.6 Å². The van der Waals surface area contributed by atoms with Crippen LogP contribution in [0.2, 0.25) is 0 Å². The Morgan fingerprint density at radius 3 is 2.56 bits per heavy atom. The molecule has 2 aromatic heterocycles. The summed E-state index contributed by atoms with van der Waals surface area (Å²) >= 11 is 1.31. The van der Waals surface area contributed by atoms with Gasteiger partial charge in [0.15, 0.2) is 27.8 Å². The van der Waals surface area contributed by atoms with Crippen molar-refractivity contribution in [3.8, 4) is 11.5 Å². The van der Waals surface area contributed by atoms with Crippen molar-refractivity contribution >= 4 is 28.8 Å². The number of aryl methyl sites for hydroxylation is 1. The van der Waals surface area contributed by atoms with Crippen LogP contribution in [0.15, 0.2) is 55.9 Å². The summed E-state index contributed by atoms with van der Waals surface area (Å²) in [5.41, 5.74) is 4.46. The summed E-state index contributed by atoms with van der Waals surface area (Å²) < 4.78 is 15.9. The molecule has 11 nitrogen and oxygen atoms in total. The average molecular weight is 635 g/mol. The number of hydrogen-bond acceptors (Lipinski definition) is 8. The highest BCUT2D eigenvalue weighted by Crippen LogP contribution is 2.44. The van der Waals surface area contributed by atoms with Gasteiger partial charge in [0, 0.05) is 38.3 Å². The number of allylic oxidation sites excluding steroid dienone is 3. The lowest BCUT2D eigenvalue weighted by Crippen LogP contribution is -2.48. The Kier molecular flexibility index (Phi) is 8.71. The SMILES string of the molecule is CCOc1ccc(Cn2c(SCC(=O)N3C4=C(C=C(C)CC4)C4CN(C)CCC43)nc3c2c(=O)n(C)c(=O)n3C)cc1OCC. The normalized spacial score (nSPS) is 20.0. The first kappa shape index (κ1) is 31.2. The molecule has 2 atom stereocenters. The molecule has 4 heterocycles. The summed E-state index contributed by atoms with van der Waals surface area (Å²) in [5.74, 6) is 1.82. The van der Waals surface area contributed by atoms with Crippen molar-refractivity contribution in [1.82, 2.24) is 28.5 Å². The number of rotatable bonds is 9. The maximum atomic E-state index is 14.1. The summed E-state index contributed by atoms with van der Waals surface area (Å²) in [6, 6.07) is 5.87. The van der Waals surface area contributed by atoms with Gasteiger partial charge >= 0.3 is 5.69 Å². The minimum atomic E-state index is -0.449. The fourth-order valence-electron chi connectivity index (χ4n) is 6.97. The van der Waals surface area contributed by atoms with Crippen molar-refractivity contribution < 1.29 is 14.3 Å². The first-order valence-corrected chi connectivity index (χ1v) is 16.7. The Labute approximate surface area is 267 Å². The summed E-state index contributed by atoms with van der Waals surface area (Å²) in [6.45, 7) is 9.20. The van der Waals surface area contributed by atoms with Crippen molar-refractivity contribution in [3.63, 3.8) is 0 Å². The fraction of sp³-hybridized carbons (Fsp3) is 0.515. The third-order valence-corrected chi connectivity index (χ3v) is 10.1. The van der Waals surface area contributed by atoms with Gasteiger partial charge in [0.25, 0.3) is 5.56 Å². The van der Waals surface area contributed by atoms with Gasteiger partial charge in [0.05, 0.1) is 25.5 Å². The molecule has 6 rings (SSSR count). The van der Waals surface area contributed by atoms with Crippen molar-refractivity contribution in [1.29, 1.82) is 0 Å². The van der Waals surface area contributed by atoms with E-state index in [1.165, 1.54) is 40.2 Å². The minimum absolute atomic E-state index is 0.0533. The van der Waals surface area contributed by atoms with E-state index in [1.807, 2.05) is 36.6 Å². The quantitative estimate of drug-likeness (QED) is 0.330. The van der Waals surface area contributed by atoms with Crippen molar-refractivity contribution in [2.45, 2.75) is 57.8 Å². The molecular formula is C33H42N6O5S. The lowest BCUT2D eigenvalue weighted by atomic mass is 9.85. The number of likely N-dealkylation sites (tertiary alicyclic amines) is 1. The molecule has 12 heteroatoms. The summed E-state index contributed by atoms with van der Waals surface area (Å²) in [7, 11) is 5.24. The minimum Gasteiger partial charge on any atom is -0.490 e. The van der Waals surface area contributed by atoms with Crippen LogP contribution >= 0.6 is 11.8 Å². The van der Waals surface area contributed by atoms with Crippen LogP contribution in [0, 0.1) is 5.92 Å². The number of nitrogens with zero attached hydrogens (tertiary/aromatic N) is 6. The predicted molar refractivity (Wildman–Crippen MR) is 175 cm³/mol. The molecule has 3 aromatic rings. The predicted octanol–water partition coefficient (Wildman–Crippen LogP) is 3.53. The zero-order valence-electron chi connectivity index (χ0n) is 27.0. The van der Waals surface area contributed by atoms with Gasteiger partial charge in [-0.1, -0.05) is 29.5 Å². The Morgan fingerprint density at radius 2 is 1.80 bits per heavy atom. The first-order valence-electron chi connectivity index (χ1n) is 15.7. The second-order valence-electron chi connectivity index (χ2n) is 12.2. The Morgan fingerprint density at radius 1 is 1.04 bits per heavy atom. The molecule has 0 bridgehead atoms. The van der Waals surface area contributed by atoms with Gasteiger partial charge in [-0.15, -0.1) is 0 Å². The van der Waals surface area contributed by atoms with E-state index in [0.717, 1.165) is 42.5 Å². The second-order valence-corrected chi connectivity index (χ2v) is 13.1. The summed E-state index contributed by atoms with van der Waals surface area (Å²) in [5, 5.41) is 0.510. The van der Waals surface area contributed by atoms with Crippen LogP contribution in [0.3, 0.4) is 0 Å². The molecule has 0 saturated carbocycles. The molecule has 1 amide bonds. The van der Waals surface area contributed by atoms with Crippen LogP contribution in [0.4, 0.5) is 0 Å². The number of fused-ring (bicyclic) bond motifs is 3. The topological polar surface area (TPSA) is 104 Å². The van der Waals surface area contributed by atoms with E-state index in [2.05, 4.69) is 29.8 Å². The Bertz CT molecular complexity index is 1840. The highest BCUT2D eigenvalue weighted by Gasteiger charge is 2.45. The summed E-state index contributed by atoms with van der Waals surface area (Å²) in [4.78, 5) is 49.6. The van der Waals surface area contributed by atoms with E-state index in [9.17, 15) is 14.4 Å². The van der Waals surface area contributed by atoms with E-state index >= 15 is 0 Å². The maximum absolute atomic E-state index is 14.1. The molecule has 2 aliphatic heterocycles. The zero-order chi connectivity index (χ0) is 32.0. The number of piperidine rings is 1. The number of hydrogen-bond donors (Lipinski definition) is 0. The van der Waals surface area contributed by atoms with Gasteiger partial charge < -0.3 is 23.8 Å². The van der Waals surface area contributed by atoms with Gasteiger partial charge in [-0.3, -0.25) is 18.7 Å². The molecule has 0 spiro atoms. The van der Waals surface area contributed by atoms with Gasteiger partial charge in [0.1, 0.15) is 0 Å². The van der Waals surface area contributed by atoms with Crippen LogP contribution in [-0.2, 0) is 25.4 Å². The number of benzene rings is 1. The van der Waals surface area contributed by atoms with Gasteiger partial charge in [-0.05, 0) is 76.9 Å². The smallest absolute Gasteiger partial charge is 0.332 e. The number of carbonyl (C=O) groups is 1. The summed E-state index contributed by atoms with van der Waals surface area (Å²) in [6.07, 6.45) is 5.08. The van der Waals surface area contributed by atoms with E-state index in [-0.39, 0.29) is 17.7 Å². The van der Waals surface area contributed by atoms with E-state index in [1.54, 1.807) is 7.05 Å². The first-order chi connectivity index (χ1) is 21.6. The molecule has 2 unspecified atom stereocenters. The monoisotopic (exact) mass is 634 g/mol. The van der Waals surface area contributed by atoms with E-state index in [0.29, 0.717) is 53.5 Å². The molecule has 240 valence electrons. The highest BCUT2D eigenvalue weighted by molar-refractivity contribution is 7.99. The van der Waals surface area contributed by atoms with Gasteiger partial charge in [0.2, 0.25) is 5.91 Å². The van der Waals surface area contributed by atoms with Gasteiger partial charge in [-0.2, -0.15) is 0 Å². The highest BCUT2D eigenvalue weighted by atomic mass is 32.2. The second kappa shape index (κ2) is 12.6. The number of amides is 1. The van der Waals surface area contributed by atoms with Crippen LogP contribution < -0.4 is 20.7 Å². The standard InChI is InChI=1S/C33H42N6O5S/c1-7-43-26-12-10-21(16-27(26)44-8-2)17-38-29-30(36(5)33(42)37(6)31(29)41)34-32(38)45-19-28(40)39-24-11-9-20(3)15-22(24)23-18-35(4)14-13-25(23)39/h10,12,15-16,23,25H,7-9,11,13-14,17-19H2,1-6H3. The fourth-order valence-corrected chi connectivity index (χ4v) is 7.82. The third kappa shape index (κ3) is 5.63. The largest absolute Gasteiger partial charge is 0.490 e. The maximum Gasteiger partial charge on any atom is 0.332 e. The number of carbonyl (C=O) groups excluding carboxylic acids is 1. The molecule has 45 heavy (non-hydrogen) atoms. The van der Waals surface area contributed by atoms with Crippen molar-refractivity contribution in [2.24, 2.45) is 20.0 Å². The Hall–Kier alpha value is -3.77. The number of aromatic nitrogens is 4. The molecule has 1 fully saturated rings. The lowest BCUT2D eigenvalue weighted by Gasteiger charge is -2.37.